The van der Waals surface area contributed by atoms with Gasteiger partial charge in [0.05, 0.1) is 6.61 Å². The van der Waals surface area contributed by atoms with Crippen molar-refractivity contribution in [3.8, 4) is 0 Å². The van der Waals surface area contributed by atoms with E-state index in [2.05, 4.69) is 0 Å². The van der Waals surface area contributed by atoms with Crippen LogP contribution in [0.5, 0.6) is 0 Å². The Kier molecular flexibility index (Phi) is 6.95. The summed E-state index contributed by atoms with van der Waals surface area (Å²) >= 11 is 6.36. The first-order valence-corrected chi connectivity index (χ1v) is 7.51. The van der Waals surface area contributed by atoms with Gasteiger partial charge in [-0.05, 0) is 13.8 Å². The predicted octanol–water partition coefficient (Wildman–Crippen LogP) is -0.854. The number of rotatable bonds is 4. The maximum atomic E-state index is 9.88. The molecule has 1 fully saturated rings. The van der Waals surface area contributed by atoms with Crippen LogP contribution < -0.4 is 0 Å². The second kappa shape index (κ2) is 7.72. The van der Waals surface area contributed by atoms with Crippen LogP contribution in [0.1, 0.15) is 13.8 Å². The van der Waals surface area contributed by atoms with Gasteiger partial charge in [-0.25, -0.2) is 0 Å². The fraction of sp³-hybridized carbons (Fsp3) is 0.909. The monoisotopic (exact) mass is 311 g/mol. The van der Waals surface area contributed by atoms with E-state index in [1.165, 1.54) is 0 Å². The first kappa shape index (κ1) is 17.1. The van der Waals surface area contributed by atoms with Gasteiger partial charge >= 0.3 is 0 Å². The Hall–Kier alpha value is 0.0400. The SMILES string of the molecule is CCN(CC)C(=S)SC1OC(CO)C(O)C(O)C1O. The lowest BCUT2D eigenvalue weighted by Crippen LogP contribution is -2.57. The molecule has 0 aliphatic carbocycles. The molecule has 6 nitrogen and oxygen atoms in total. The number of ether oxygens (including phenoxy) is 1. The molecular weight excluding hydrogens is 290 g/mol. The number of nitrogens with zero attached hydrogens (tertiary/aromatic N) is 1. The number of aliphatic hydroxyl groups is 4. The van der Waals surface area contributed by atoms with Crippen molar-refractivity contribution >= 4 is 28.3 Å². The Bertz CT molecular complexity index is 301. The van der Waals surface area contributed by atoms with Gasteiger partial charge in [-0.15, -0.1) is 0 Å². The number of thioether (sulfide) groups is 1. The van der Waals surface area contributed by atoms with Gasteiger partial charge < -0.3 is 30.1 Å². The number of thiocarbonyl (C=S) groups is 1. The Morgan fingerprint density at radius 3 is 2.21 bits per heavy atom. The van der Waals surface area contributed by atoms with Gasteiger partial charge in [0, 0.05) is 13.1 Å². The van der Waals surface area contributed by atoms with Crippen molar-refractivity contribution in [2.45, 2.75) is 43.7 Å². The van der Waals surface area contributed by atoms with Crippen molar-refractivity contribution in [1.29, 1.82) is 0 Å². The molecular formula is C11H21NO5S2. The molecule has 8 heteroatoms. The number of hydrogen-bond donors (Lipinski definition) is 4. The zero-order chi connectivity index (χ0) is 14.6. The van der Waals surface area contributed by atoms with E-state index in [1.807, 2.05) is 18.7 Å². The molecule has 1 saturated heterocycles. The van der Waals surface area contributed by atoms with Crippen LogP contribution in [0.15, 0.2) is 0 Å². The third-order valence-electron chi connectivity index (χ3n) is 3.09. The maximum absolute atomic E-state index is 9.88. The van der Waals surface area contributed by atoms with E-state index in [9.17, 15) is 15.3 Å². The van der Waals surface area contributed by atoms with E-state index in [1.54, 1.807) is 0 Å². The number of hydrogen-bond acceptors (Lipinski definition) is 7. The fourth-order valence-electron chi connectivity index (χ4n) is 1.82. The van der Waals surface area contributed by atoms with Crippen molar-refractivity contribution < 1.29 is 25.2 Å². The molecule has 0 saturated carbocycles. The van der Waals surface area contributed by atoms with Crippen LogP contribution in [0.2, 0.25) is 0 Å². The Morgan fingerprint density at radius 2 is 1.74 bits per heavy atom. The summed E-state index contributed by atoms with van der Waals surface area (Å²) in [6.45, 7) is 4.97. The minimum Gasteiger partial charge on any atom is -0.394 e. The Balaban J connectivity index is 2.69. The van der Waals surface area contributed by atoms with E-state index in [0.29, 0.717) is 4.32 Å². The fourth-order valence-corrected chi connectivity index (χ4v) is 3.47. The molecule has 0 spiro atoms. The summed E-state index contributed by atoms with van der Waals surface area (Å²) in [5.74, 6) is 0. The van der Waals surface area contributed by atoms with E-state index in [-0.39, 0.29) is 0 Å². The standard InChI is InChI=1S/C11H21NO5S2/c1-3-12(4-2)11(18)19-10-9(16)8(15)7(14)6(5-13)17-10/h6-10,13-16H,3-5H2,1-2H3. The first-order valence-electron chi connectivity index (χ1n) is 6.22. The molecule has 5 atom stereocenters. The molecule has 19 heavy (non-hydrogen) atoms. The zero-order valence-corrected chi connectivity index (χ0v) is 12.6. The molecule has 1 aliphatic heterocycles. The van der Waals surface area contributed by atoms with Crippen molar-refractivity contribution in [1.82, 2.24) is 4.90 Å². The van der Waals surface area contributed by atoms with Gasteiger partial charge in [-0.2, -0.15) is 0 Å². The van der Waals surface area contributed by atoms with E-state index >= 15 is 0 Å². The minimum absolute atomic E-state index is 0.431. The highest BCUT2D eigenvalue weighted by Crippen LogP contribution is 2.30. The van der Waals surface area contributed by atoms with E-state index < -0.39 is 36.5 Å². The summed E-state index contributed by atoms with van der Waals surface area (Å²) in [5, 5.41) is 38.3. The average Bonchev–Trinajstić information content (AvgIpc) is 2.40. The summed E-state index contributed by atoms with van der Waals surface area (Å²) in [4.78, 5) is 1.92. The molecule has 4 N–H and O–H groups in total. The van der Waals surface area contributed by atoms with Crippen molar-refractivity contribution in [2.75, 3.05) is 19.7 Å². The summed E-state index contributed by atoms with van der Waals surface area (Å²) in [7, 11) is 0. The molecule has 1 aliphatic rings. The first-order chi connectivity index (χ1) is 8.96. The average molecular weight is 311 g/mol. The summed E-state index contributed by atoms with van der Waals surface area (Å²) in [6.07, 6.45) is -4.84. The molecule has 112 valence electrons. The topological polar surface area (TPSA) is 93.4 Å². The molecule has 0 bridgehead atoms. The third kappa shape index (κ3) is 4.01. The van der Waals surface area contributed by atoms with Crippen LogP contribution in [0.25, 0.3) is 0 Å². The third-order valence-corrected chi connectivity index (χ3v) is 4.72. The summed E-state index contributed by atoms with van der Waals surface area (Å²) in [6, 6.07) is 0. The second-order valence-corrected chi connectivity index (χ2v) is 5.99. The molecule has 0 amide bonds. The van der Waals surface area contributed by atoms with Crippen molar-refractivity contribution in [3.63, 3.8) is 0 Å². The van der Waals surface area contributed by atoms with Crippen LogP contribution in [0.3, 0.4) is 0 Å². The smallest absolute Gasteiger partial charge is 0.139 e. The van der Waals surface area contributed by atoms with Gasteiger partial charge in [0.2, 0.25) is 0 Å². The predicted molar refractivity (Wildman–Crippen MR) is 76.9 cm³/mol. The quantitative estimate of drug-likeness (QED) is 0.499. The Morgan fingerprint density at radius 1 is 1.16 bits per heavy atom. The lowest BCUT2D eigenvalue weighted by atomic mass is 10.0. The lowest BCUT2D eigenvalue weighted by molar-refractivity contribution is -0.205. The highest BCUT2D eigenvalue weighted by molar-refractivity contribution is 8.23. The summed E-state index contributed by atoms with van der Waals surface area (Å²) in [5.41, 5.74) is -0.802. The number of aliphatic hydroxyl groups excluding tert-OH is 4. The molecule has 5 unspecified atom stereocenters. The molecule has 0 aromatic rings. The van der Waals surface area contributed by atoms with Crippen molar-refractivity contribution in [2.24, 2.45) is 0 Å². The highest BCUT2D eigenvalue weighted by atomic mass is 32.2. The molecule has 1 heterocycles. The van der Waals surface area contributed by atoms with E-state index in [4.69, 9.17) is 22.1 Å². The lowest BCUT2D eigenvalue weighted by Gasteiger charge is -2.40. The van der Waals surface area contributed by atoms with Gasteiger partial charge in [0.25, 0.3) is 0 Å². The van der Waals surface area contributed by atoms with Crippen LogP contribution in [-0.4, -0.2) is 79.2 Å². The molecule has 0 radical (unpaired) electrons. The zero-order valence-electron chi connectivity index (χ0n) is 11.0. The largest absolute Gasteiger partial charge is 0.394 e. The van der Waals surface area contributed by atoms with Gasteiger partial charge in [-0.1, -0.05) is 24.0 Å². The second-order valence-electron chi connectivity index (χ2n) is 4.25. The normalized spacial score (nSPS) is 35.2. The highest BCUT2D eigenvalue weighted by Gasteiger charge is 2.44. The van der Waals surface area contributed by atoms with Crippen LogP contribution in [-0.2, 0) is 4.74 Å². The van der Waals surface area contributed by atoms with Gasteiger partial charge in [0.1, 0.15) is 34.2 Å². The van der Waals surface area contributed by atoms with Crippen LogP contribution in [0, 0.1) is 0 Å². The van der Waals surface area contributed by atoms with Gasteiger partial charge in [0.15, 0.2) is 0 Å². The minimum atomic E-state index is -1.36. The van der Waals surface area contributed by atoms with Crippen LogP contribution in [0.4, 0.5) is 0 Å². The van der Waals surface area contributed by atoms with Crippen LogP contribution >= 0.6 is 24.0 Å². The molecule has 1 rings (SSSR count). The van der Waals surface area contributed by atoms with E-state index in [0.717, 1.165) is 24.9 Å². The van der Waals surface area contributed by atoms with Crippen molar-refractivity contribution in [3.05, 3.63) is 0 Å². The Labute approximate surface area is 122 Å². The molecule has 0 aromatic heterocycles. The molecule has 0 aromatic carbocycles. The summed E-state index contributed by atoms with van der Waals surface area (Å²) < 4.78 is 5.93. The van der Waals surface area contributed by atoms with Gasteiger partial charge in [-0.3, -0.25) is 0 Å². The maximum Gasteiger partial charge on any atom is 0.139 e.